The van der Waals surface area contributed by atoms with Gasteiger partial charge in [0.2, 0.25) is 8.11 Å². The van der Waals surface area contributed by atoms with E-state index in [1.807, 2.05) is 6.55 Å². The van der Waals surface area contributed by atoms with Crippen LogP contribution in [0.2, 0.25) is 12.6 Å². The lowest BCUT2D eigenvalue weighted by Gasteiger charge is -2.23. The largest absolute Gasteiger partial charge is 0.500 e. The van der Waals surface area contributed by atoms with E-state index in [9.17, 15) is 0 Å². The minimum atomic E-state index is -2.32. The number of hydrogen-bond acceptors (Lipinski definition) is 5. The molecule has 0 aliphatic heterocycles. The second-order valence-electron chi connectivity index (χ2n) is 3.61. The zero-order valence-electron chi connectivity index (χ0n) is 12.6. The Balaban J connectivity index is 0. The first-order valence-electron chi connectivity index (χ1n) is 5.87. The molecule has 0 heterocycles. The van der Waals surface area contributed by atoms with Crippen LogP contribution in [0.1, 0.15) is 6.42 Å². The first kappa shape index (κ1) is 22.1. The molecule has 0 amide bonds. The van der Waals surface area contributed by atoms with Gasteiger partial charge >= 0.3 is 8.80 Å². The number of ether oxygens (including phenoxy) is 2. The summed E-state index contributed by atoms with van der Waals surface area (Å²) in [5.41, 5.74) is 0. The highest BCUT2D eigenvalue weighted by molar-refractivity contribution is 7.06. The van der Waals surface area contributed by atoms with Crippen LogP contribution >= 0.6 is 22.7 Å². The molecule has 0 aromatic carbocycles. The minimum Gasteiger partial charge on any atom is -0.377 e. The van der Waals surface area contributed by atoms with Gasteiger partial charge in [0.25, 0.3) is 0 Å². The molecule has 19 heavy (non-hydrogen) atoms. The van der Waals surface area contributed by atoms with E-state index >= 15 is 0 Å². The quantitative estimate of drug-likeness (QED) is 0.275. The van der Waals surface area contributed by atoms with Gasteiger partial charge in [-0.15, -0.1) is 11.6 Å². The molecule has 0 aromatic heterocycles. The van der Waals surface area contributed by atoms with Crippen molar-refractivity contribution in [3.8, 4) is 0 Å². The zero-order chi connectivity index (χ0) is 15.3. The third kappa shape index (κ3) is 10.2. The first-order chi connectivity index (χ1) is 8.96. The second kappa shape index (κ2) is 13.8. The molecule has 0 rings (SSSR count). The summed E-state index contributed by atoms with van der Waals surface area (Å²) < 4.78 is 25.3. The van der Waals surface area contributed by atoms with E-state index in [0.717, 1.165) is 12.5 Å². The van der Waals surface area contributed by atoms with E-state index in [1.165, 1.54) is 0 Å². The molecule has 0 bridgehead atoms. The number of alkyl halides is 1. The smallest absolute Gasteiger partial charge is 0.377 e. The molecule has 0 saturated heterocycles. The van der Waals surface area contributed by atoms with Crippen molar-refractivity contribution in [3.05, 3.63) is 0 Å². The lowest BCUT2D eigenvalue weighted by Crippen LogP contribution is -2.42. The summed E-state index contributed by atoms with van der Waals surface area (Å²) in [6.45, 7) is 1.96. The van der Waals surface area contributed by atoms with Crippen molar-refractivity contribution in [3.63, 3.8) is 0 Å². The second-order valence-corrected chi connectivity index (χ2v) is 11.0. The molecule has 0 aliphatic rings. The molecular formula is C10H26Cl2O5Si2. The Morgan fingerprint density at radius 2 is 1.42 bits per heavy atom. The van der Waals surface area contributed by atoms with Crippen molar-refractivity contribution in [1.29, 1.82) is 0 Å². The standard InChI is InChI=1S/C6H15ClO3Si.C4H11ClO2Si/c1-8-11(9-2,10-3)6-4-5-7;1-6-4(7-2)8(3)5/h4-6H2,1-3H3;4,8H,1-3H3. The Morgan fingerprint density at radius 1 is 1.00 bits per heavy atom. The van der Waals surface area contributed by atoms with Crippen molar-refractivity contribution in [2.75, 3.05) is 41.4 Å². The Labute approximate surface area is 129 Å². The van der Waals surface area contributed by atoms with Gasteiger partial charge in [0.1, 0.15) is 0 Å². The maximum absolute atomic E-state index is 5.73. The topological polar surface area (TPSA) is 46.2 Å². The predicted octanol–water partition coefficient (Wildman–Crippen LogP) is 2.23. The fourth-order valence-corrected chi connectivity index (χ4v) is 4.76. The molecule has 5 nitrogen and oxygen atoms in total. The first-order valence-corrected chi connectivity index (χ1v) is 11.9. The summed E-state index contributed by atoms with van der Waals surface area (Å²) in [6.07, 6.45) is 0.864. The van der Waals surface area contributed by atoms with Gasteiger partial charge in [-0.05, 0) is 6.42 Å². The SMILES string of the molecule is COC(OC)[SiH](C)Cl.CO[Si](CCCCl)(OC)OC. The van der Waals surface area contributed by atoms with Crippen molar-refractivity contribution in [2.24, 2.45) is 0 Å². The monoisotopic (exact) mass is 352 g/mol. The third-order valence-corrected chi connectivity index (χ3v) is 7.40. The van der Waals surface area contributed by atoms with Crippen LogP contribution < -0.4 is 0 Å². The van der Waals surface area contributed by atoms with Crippen LogP contribution in [0.15, 0.2) is 0 Å². The average Bonchev–Trinajstić information content (AvgIpc) is 2.43. The van der Waals surface area contributed by atoms with Crippen molar-refractivity contribution in [2.45, 2.75) is 24.9 Å². The zero-order valence-corrected chi connectivity index (χ0v) is 16.2. The van der Waals surface area contributed by atoms with Crippen LogP contribution in [-0.2, 0) is 22.8 Å². The van der Waals surface area contributed by atoms with Gasteiger partial charge in [-0.3, -0.25) is 0 Å². The Morgan fingerprint density at radius 3 is 1.58 bits per heavy atom. The molecule has 0 N–H and O–H groups in total. The number of rotatable bonds is 9. The molecule has 0 aliphatic carbocycles. The van der Waals surface area contributed by atoms with Gasteiger partial charge in [-0.1, -0.05) is 6.55 Å². The molecule has 9 heteroatoms. The van der Waals surface area contributed by atoms with Gasteiger partial charge < -0.3 is 22.8 Å². The van der Waals surface area contributed by atoms with Crippen LogP contribution in [0.4, 0.5) is 0 Å². The van der Waals surface area contributed by atoms with E-state index < -0.39 is 16.9 Å². The highest BCUT2D eigenvalue weighted by Gasteiger charge is 2.36. The lowest BCUT2D eigenvalue weighted by atomic mass is 10.6. The fraction of sp³-hybridized carbons (Fsp3) is 1.00. The molecule has 1 unspecified atom stereocenters. The van der Waals surface area contributed by atoms with Crippen LogP contribution in [0.25, 0.3) is 0 Å². The van der Waals surface area contributed by atoms with Crippen molar-refractivity contribution >= 4 is 39.6 Å². The van der Waals surface area contributed by atoms with Crippen LogP contribution in [0, 0.1) is 0 Å². The molecular weight excluding hydrogens is 327 g/mol. The van der Waals surface area contributed by atoms with E-state index in [-0.39, 0.29) is 5.91 Å². The Bertz CT molecular complexity index is 184. The van der Waals surface area contributed by atoms with Crippen molar-refractivity contribution < 1.29 is 22.8 Å². The van der Waals surface area contributed by atoms with Gasteiger partial charge in [-0.25, -0.2) is 0 Å². The third-order valence-electron chi connectivity index (χ3n) is 2.39. The number of methoxy groups -OCH3 is 2. The van der Waals surface area contributed by atoms with Gasteiger partial charge in [0, 0.05) is 47.5 Å². The number of hydrogen-bond donors (Lipinski definition) is 0. The van der Waals surface area contributed by atoms with E-state index in [1.54, 1.807) is 35.5 Å². The van der Waals surface area contributed by atoms with E-state index in [0.29, 0.717) is 5.88 Å². The van der Waals surface area contributed by atoms with Crippen LogP contribution in [0.5, 0.6) is 0 Å². The molecule has 0 aromatic rings. The fourth-order valence-electron chi connectivity index (χ4n) is 1.31. The van der Waals surface area contributed by atoms with Gasteiger partial charge in [0.05, 0.1) is 0 Å². The normalized spacial score (nSPS) is 13.1. The summed E-state index contributed by atoms with van der Waals surface area (Å²) in [7, 11) is 4.43. The lowest BCUT2D eigenvalue weighted by molar-refractivity contribution is -0.0448. The maximum Gasteiger partial charge on any atom is 0.500 e. The molecule has 118 valence electrons. The summed E-state index contributed by atoms with van der Waals surface area (Å²) in [6, 6.07) is 0.778. The summed E-state index contributed by atoms with van der Waals surface area (Å²) >= 11 is 11.3. The molecule has 1 atom stereocenters. The maximum atomic E-state index is 5.73. The van der Waals surface area contributed by atoms with Gasteiger partial charge in [0.15, 0.2) is 5.91 Å². The van der Waals surface area contributed by atoms with Crippen LogP contribution in [0.3, 0.4) is 0 Å². The molecule has 0 radical (unpaired) electrons. The highest BCUT2D eigenvalue weighted by Crippen LogP contribution is 2.14. The van der Waals surface area contributed by atoms with Crippen LogP contribution in [-0.4, -0.2) is 64.3 Å². The van der Waals surface area contributed by atoms with Crippen molar-refractivity contribution in [1.82, 2.24) is 0 Å². The summed E-state index contributed by atoms with van der Waals surface area (Å²) in [5, 5.41) is 0. The van der Waals surface area contributed by atoms with E-state index in [4.69, 9.17) is 45.4 Å². The predicted molar refractivity (Wildman–Crippen MR) is 83.6 cm³/mol. The minimum absolute atomic E-state index is 0.142. The molecule has 0 saturated carbocycles. The Kier molecular flexibility index (Phi) is 16.0. The summed E-state index contributed by atoms with van der Waals surface area (Å²) in [4.78, 5) is 0. The number of halogens is 2. The molecule has 0 fully saturated rings. The Hall–Kier alpha value is 0.814. The highest BCUT2D eigenvalue weighted by atomic mass is 35.6. The van der Waals surface area contributed by atoms with E-state index in [2.05, 4.69) is 0 Å². The van der Waals surface area contributed by atoms with Gasteiger partial charge in [-0.2, -0.15) is 11.1 Å². The summed E-state index contributed by atoms with van der Waals surface area (Å²) in [5.74, 6) is 0.474. The molecule has 0 spiro atoms. The average molecular weight is 353 g/mol.